The highest BCUT2D eigenvalue weighted by Gasteiger charge is 2.15. The normalized spacial score (nSPS) is 15.3. The maximum Gasteiger partial charge on any atom is 0.128 e. The van der Waals surface area contributed by atoms with Crippen molar-refractivity contribution in [3.63, 3.8) is 0 Å². The largest absolute Gasteiger partial charge is 0.496 e. The van der Waals surface area contributed by atoms with Gasteiger partial charge in [0.2, 0.25) is 0 Å². The van der Waals surface area contributed by atoms with Gasteiger partial charge in [0.1, 0.15) is 11.5 Å². The Bertz CT molecular complexity index is 331. The molecule has 1 aliphatic heterocycles. The van der Waals surface area contributed by atoms with Gasteiger partial charge in [-0.15, -0.1) is 0 Å². The molecule has 0 amide bonds. The molecule has 0 bridgehead atoms. The molecule has 2 nitrogen and oxygen atoms in total. The van der Waals surface area contributed by atoms with Gasteiger partial charge in [0.15, 0.2) is 0 Å². The van der Waals surface area contributed by atoms with Gasteiger partial charge in [-0.3, -0.25) is 0 Å². The molecular weight excluding hydrogens is 176 g/mol. The van der Waals surface area contributed by atoms with Crippen LogP contribution in [-0.4, -0.2) is 13.7 Å². The average molecular weight is 192 g/mol. The summed E-state index contributed by atoms with van der Waals surface area (Å²) in [6, 6.07) is 4.11. The molecule has 14 heavy (non-hydrogen) atoms. The Hall–Kier alpha value is -1.18. The Morgan fingerprint density at radius 1 is 1.29 bits per heavy atom. The van der Waals surface area contributed by atoms with Gasteiger partial charge >= 0.3 is 0 Å². The zero-order valence-corrected chi connectivity index (χ0v) is 8.80. The Morgan fingerprint density at radius 3 is 2.93 bits per heavy atom. The number of aryl methyl sites for hydroxylation is 1. The molecule has 0 spiro atoms. The van der Waals surface area contributed by atoms with E-state index in [4.69, 9.17) is 9.47 Å². The second-order valence-electron chi connectivity index (χ2n) is 3.70. The first-order valence-corrected chi connectivity index (χ1v) is 5.12. The Kier molecular flexibility index (Phi) is 2.62. The van der Waals surface area contributed by atoms with Gasteiger partial charge in [0.05, 0.1) is 13.7 Å². The lowest BCUT2D eigenvalue weighted by atomic mass is 10.0. The van der Waals surface area contributed by atoms with Crippen LogP contribution in [0, 0.1) is 6.92 Å². The summed E-state index contributed by atoms with van der Waals surface area (Å²) in [7, 11) is 1.73. The molecule has 0 N–H and O–H groups in total. The van der Waals surface area contributed by atoms with Crippen LogP contribution in [0.5, 0.6) is 11.5 Å². The fourth-order valence-electron chi connectivity index (χ4n) is 1.97. The molecule has 1 aromatic rings. The highest BCUT2D eigenvalue weighted by atomic mass is 16.5. The monoisotopic (exact) mass is 192 g/mol. The van der Waals surface area contributed by atoms with Crippen LogP contribution in [0.1, 0.15) is 24.0 Å². The van der Waals surface area contributed by atoms with Gasteiger partial charge in [-0.2, -0.15) is 0 Å². The maximum atomic E-state index is 5.67. The van der Waals surface area contributed by atoms with Crippen LogP contribution in [-0.2, 0) is 6.42 Å². The third-order valence-corrected chi connectivity index (χ3v) is 2.70. The minimum Gasteiger partial charge on any atom is -0.496 e. The summed E-state index contributed by atoms with van der Waals surface area (Å²) in [5.41, 5.74) is 2.43. The summed E-state index contributed by atoms with van der Waals surface area (Å²) in [6.07, 6.45) is 3.39. The van der Waals surface area contributed by atoms with Crippen LogP contribution in [0.25, 0.3) is 0 Å². The zero-order valence-electron chi connectivity index (χ0n) is 8.80. The second-order valence-corrected chi connectivity index (χ2v) is 3.70. The molecule has 1 heterocycles. The van der Waals surface area contributed by atoms with Gasteiger partial charge in [-0.1, -0.05) is 6.07 Å². The van der Waals surface area contributed by atoms with E-state index in [-0.39, 0.29) is 0 Å². The lowest BCUT2D eigenvalue weighted by molar-refractivity contribution is 0.315. The van der Waals surface area contributed by atoms with E-state index in [2.05, 4.69) is 19.1 Å². The van der Waals surface area contributed by atoms with E-state index in [0.29, 0.717) is 0 Å². The molecule has 0 fully saturated rings. The smallest absolute Gasteiger partial charge is 0.128 e. The summed E-state index contributed by atoms with van der Waals surface area (Å²) in [5.74, 6) is 2.01. The molecule has 2 rings (SSSR count). The molecule has 76 valence electrons. The Morgan fingerprint density at radius 2 is 2.14 bits per heavy atom. The quantitative estimate of drug-likeness (QED) is 0.681. The van der Waals surface area contributed by atoms with Crippen LogP contribution in [0.15, 0.2) is 12.1 Å². The fraction of sp³-hybridized carbons (Fsp3) is 0.500. The van der Waals surface area contributed by atoms with Gasteiger partial charge in [0, 0.05) is 5.56 Å². The van der Waals surface area contributed by atoms with E-state index in [1.165, 1.54) is 17.5 Å². The van der Waals surface area contributed by atoms with Gasteiger partial charge < -0.3 is 9.47 Å². The lowest BCUT2D eigenvalue weighted by Crippen LogP contribution is -1.98. The summed E-state index contributed by atoms with van der Waals surface area (Å²) in [6.45, 7) is 2.91. The van der Waals surface area contributed by atoms with Crippen molar-refractivity contribution in [3.05, 3.63) is 23.3 Å². The molecule has 0 saturated heterocycles. The highest BCUT2D eigenvalue weighted by Crippen LogP contribution is 2.34. The van der Waals surface area contributed by atoms with Crippen molar-refractivity contribution in [3.8, 4) is 11.5 Å². The highest BCUT2D eigenvalue weighted by molar-refractivity contribution is 5.50. The van der Waals surface area contributed by atoms with Crippen molar-refractivity contribution in [2.24, 2.45) is 0 Å². The SMILES string of the molecule is COc1c(C)ccc2c1CCCCO2. The van der Waals surface area contributed by atoms with E-state index in [1.54, 1.807) is 7.11 Å². The number of fused-ring (bicyclic) bond motifs is 1. The first-order valence-electron chi connectivity index (χ1n) is 5.12. The fourth-order valence-corrected chi connectivity index (χ4v) is 1.97. The van der Waals surface area contributed by atoms with Crippen molar-refractivity contribution >= 4 is 0 Å². The number of benzene rings is 1. The molecule has 1 aliphatic rings. The summed E-state index contributed by atoms with van der Waals surface area (Å²) in [5, 5.41) is 0. The first-order chi connectivity index (χ1) is 6.83. The Labute approximate surface area is 84.8 Å². The topological polar surface area (TPSA) is 18.5 Å². The molecule has 2 heteroatoms. The van der Waals surface area contributed by atoms with Crippen LogP contribution < -0.4 is 9.47 Å². The number of methoxy groups -OCH3 is 1. The molecular formula is C12H16O2. The minimum atomic E-state index is 0.833. The standard InChI is InChI=1S/C12H16O2/c1-9-6-7-11-10(12(9)13-2)5-3-4-8-14-11/h6-7H,3-5,8H2,1-2H3. The van der Waals surface area contributed by atoms with E-state index >= 15 is 0 Å². The van der Waals surface area contributed by atoms with Gasteiger partial charge in [-0.05, 0) is 37.8 Å². The van der Waals surface area contributed by atoms with E-state index in [9.17, 15) is 0 Å². The molecule has 0 unspecified atom stereocenters. The van der Waals surface area contributed by atoms with Crippen molar-refractivity contribution in [1.29, 1.82) is 0 Å². The molecule has 0 aliphatic carbocycles. The number of hydrogen-bond acceptors (Lipinski definition) is 2. The van der Waals surface area contributed by atoms with Gasteiger partial charge in [-0.25, -0.2) is 0 Å². The predicted molar refractivity (Wildman–Crippen MR) is 56.2 cm³/mol. The number of ether oxygens (including phenoxy) is 2. The zero-order chi connectivity index (χ0) is 9.97. The number of hydrogen-bond donors (Lipinski definition) is 0. The summed E-state index contributed by atoms with van der Waals surface area (Å²) >= 11 is 0. The van der Waals surface area contributed by atoms with Crippen molar-refractivity contribution < 1.29 is 9.47 Å². The molecule has 0 atom stereocenters. The summed E-state index contributed by atoms with van der Waals surface area (Å²) in [4.78, 5) is 0. The van der Waals surface area contributed by atoms with E-state index < -0.39 is 0 Å². The van der Waals surface area contributed by atoms with Gasteiger partial charge in [0.25, 0.3) is 0 Å². The van der Waals surface area contributed by atoms with E-state index in [1.807, 2.05) is 0 Å². The lowest BCUT2D eigenvalue weighted by Gasteiger charge is -2.13. The van der Waals surface area contributed by atoms with Crippen molar-refractivity contribution in [1.82, 2.24) is 0 Å². The third-order valence-electron chi connectivity index (χ3n) is 2.70. The predicted octanol–water partition coefficient (Wildman–Crippen LogP) is 2.72. The van der Waals surface area contributed by atoms with Crippen molar-refractivity contribution in [2.45, 2.75) is 26.2 Å². The van der Waals surface area contributed by atoms with E-state index in [0.717, 1.165) is 30.9 Å². The van der Waals surface area contributed by atoms with Crippen LogP contribution in [0.3, 0.4) is 0 Å². The van der Waals surface area contributed by atoms with Crippen molar-refractivity contribution in [2.75, 3.05) is 13.7 Å². The molecule has 0 radical (unpaired) electrons. The van der Waals surface area contributed by atoms with Crippen LogP contribution >= 0.6 is 0 Å². The molecule has 0 aromatic heterocycles. The maximum absolute atomic E-state index is 5.67. The van der Waals surface area contributed by atoms with Crippen LogP contribution in [0.4, 0.5) is 0 Å². The molecule has 0 saturated carbocycles. The van der Waals surface area contributed by atoms with Crippen LogP contribution in [0.2, 0.25) is 0 Å². The average Bonchev–Trinajstić information content (AvgIpc) is 2.42. The first kappa shape index (κ1) is 9.38. The molecule has 1 aromatic carbocycles. The minimum absolute atomic E-state index is 0.833. The Balaban J connectivity index is 2.48. The number of rotatable bonds is 1. The third kappa shape index (κ3) is 1.57. The summed E-state index contributed by atoms with van der Waals surface area (Å²) < 4.78 is 11.1. The second kappa shape index (κ2) is 3.91.